The van der Waals surface area contributed by atoms with Gasteiger partial charge in [-0.2, -0.15) is 0 Å². The van der Waals surface area contributed by atoms with Crippen molar-refractivity contribution in [3.8, 4) is 90.1 Å². The molecule has 7 heteroatoms. The first kappa shape index (κ1) is 44.0. The highest BCUT2D eigenvalue weighted by molar-refractivity contribution is 7.26. The van der Waals surface area contributed by atoms with E-state index in [2.05, 4.69) is 224 Å². The second-order valence-electron chi connectivity index (χ2n) is 19.2. The minimum atomic E-state index is 0.630. The van der Waals surface area contributed by atoms with E-state index in [9.17, 15) is 0 Å². The van der Waals surface area contributed by atoms with Gasteiger partial charge in [-0.1, -0.05) is 182 Å². The zero-order valence-corrected chi connectivity index (χ0v) is 42.4. The van der Waals surface area contributed by atoms with Crippen LogP contribution < -0.4 is 0 Å². The van der Waals surface area contributed by atoms with Crippen LogP contribution in [0.2, 0.25) is 0 Å². The highest BCUT2D eigenvalue weighted by Gasteiger charge is 2.18. The lowest BCUT2D eigenvalue weighted by Crippen LogP contribution is -2.00. The van der Waals surface area contributed by atoms with Crippen molar-refractivity contribution >= 4 is 84.8 Å². The number of rotatable bonds is 8. The minimum Gasteiger partial charge on any atom is -0.245 e. The molecule has 0 atom stereocenters. The highest BCUT2D eigenvalue weighted by Crippen LogP contribution is 2.43. The number of fused-ring (bicyclic) bond motifs is 9. The van der Waals surface area contributed by atoms with E-state index in [-0.39, 0.29) is 0 Å². The Kier molecular flexibility index (Phi) is 10.5. The zero-order chi connectivity index (χ0) is 50.1. The Morgan fingerprint density at radius 1 is 0.237 bits per heavy atom. The fourth-order valence-corrected chi connectivity index (χ4v) is 12.9. The lowest BCUT2D eigenvalue weighted by atomic mass is 9.92. The van der Waals surface area contributed by atoms with Gasteiger partial charge < -0.3 is 0 Å². The van der Waals surface area contributed by atoms with Crippen LogP contribution >= 0.6 is 22.7 Å². The van der Waals surface area contributed by atoms with Crippen LogP contribution in [0.15, 0.2) is 249 Å². The molecule has 15 rings (SSSR count). The van der Waals surface area contributed by atoms with E-state index < -0.39 is 0 Å². The minimum absolute atomic E-state index is 0.630. The maximum absolute atomic E-state index is 5.45. The number of hydrogen-bond donors (Lipinski definition) is 0. The molecule has 5 heterocycles. The van der Waals surface area contributed by atoms with Crippen molar-refractivity contribution in [2.24, 2.45) is 0 Å². The van der Waals surface area contributed by atoms with E-state index in [1.807, 2.05) is 46.9 Å². The molecule has 5 aromatic heterocycles. The molecule has 5 nitrogen and oxygen atoms in total. The molecule has 0 saturated heterocycles. The van der Waals surface area contributed by atoms with Crippen LogP contribution in [0.3, 0.4) is 0 Å². The van der Waals surface area contributed by atoms with Gasteiger partial charge in [-0.05, 0) is 100 Å². The Balaban J connectivity index is 0.807. The average Bonchev–Trinajstić information content (AvgIpc) is 4.11. The molecule has 354 valence electrons. The van der Waals surface area contributed by atoms with Gasteiger partial charge in [0.15, 0.2) is 17.5 Å². The van der Waals surface area contributed by atoms with Gasteiger partial charge in [0.05, 0.1) is 22.4 Å². The molecule has 0 aliphatic carbocycles. The molecular formula is C69H41N5S2. The number of pyridine rings is 2. The molecule has 0 unspecified atom stereocenters. The molecule has 0 saturated carbocycles. The van der Waals surface area contributed by atoms with Crippen molar-refractivity contribution in [2.75, 3.05) is 0 Å². The molecule has 0 N–H and O–H groups in total. The summed E-state index contributed by atoms with van der Waals surface area (Å²) in [5.74, 6) is 1.92. The first-order valence-electron chi connectivity index (χ1n) is 25.4. The molecule has 0 bridgehead atoms. The Bertz CT molecular complexity index is 4740. The summed E-state index contributed by atoms with van der Waals surface area (Å²) in [5, 5.41) is 7.12. The van der Waals surface area contributed by atoms with E-state index in [0.29, 0.717) is 17.5 Å². The lowest BCUT2D eigenvalue weighted by Gasteiger charge is -2.14. The van der Waals surface area contributed by atoms with Gasteiger partial charge >= 0.3 is 0 Å². The second-order valence-corrected chi connectivity index (χ2v) is 21.3. The molecule has 76 heavy (non-hydrogen) atoms. The summed E-state index contributed by atoms with van der Waals surface area (Å²) in [6.45, 7) is 0. The van der Waals surface area contributed by atoms with E-state index in [4.69, 9.17) is 24.9 Å². The summed E-state index contributed by atoms with van der Waals surface area (Å²) in [4.78, 5) is 25.9. The predicted octanol–water partition coefficient (Wildman–Crippen LogP) is 19.0. The smallest absolute Gasteiger partial charge is 0.164 e. The van der Waals surface area contributed by atoms with Gasteiger partial charge in [-0.15, -0.1) is 22.7 Å². The van der Waals surface area contributed by atoms with Crippen molar-refractivity contribution in [1.29, 1.82) is 0 Å². The molecule has 15 aromatic rings. The molecule has 10 aromatic carbocycles. The van der Waals surface area contributed by atoms with E-state index in [1.165, 1.54) is 45.9 Å². The van der Waals surface area contributed by atoms with Crippen LogP contribution in [0, 0.1) is 0 Å². The summed E-state index contributed by atoms with van der Waals surface area (Å²) < 4.78 is 5.07. The van der Waals surface area contributed by atoms with Gasteiger partial charge in [0, 0.05) is 78.9 Å². The van der Waals surface area contributed by atoms with Gasteiger partial charge in [0.2, 0.25) is 0 Å². The molecule has 0 fully saturated rings. The second kappa shape index (κ2) is 18.1. The number of thiophene rings is 2. The summed E-state index contributed by atoms with van der Waals surface area (Å²) in [6, 6.07) is 88.3. The van der Waals surface area contributed by atoms with Gasteiger partial charge in [0.1, 0.15) is 0 Å². The standard InChI is InChI=1S/C69H41N5S2/c1-3-12-45(13-4-1)58-35-32-46-28-29-47-33-36-59(71-66(47)65(46)70-58)53-39-51(38-52(40-53)54-18-11-21-63-64(54)56-17-8-10-20-61(56)76-63)44-24-22-42(23-25-44)43-26-30-49(31-27-43)68-72-67(48-14-5-2-6-15-48)73-69(74-68)50-34-37-62-57(41-50)55-16-7-9-19-60(55)75-62/h1-41H. The monoisotopic (exact) mass is 1000 g/mol. The van der Waals surface area contributed by atoms with Crippen molar-refractivity contribution in [3.05, 3.63) is 249 Å². The first-order chi connectivity index (χ1) is 37.6. The summed E-state index contributed by atoms with van der Waals surface area (Å²) in [5.41, 5.74) is 15.3. The van der Waals surface area contributed by atoms with Crippen LogP contribution in [0.25, 0.3) is 152 Å². The molecule has 0 aliphatic heterocycles. The maximum Gasteiger partial charge on any atom is 0.164 e. The Hall–Kier alpha value is -9.53. The Labute approximate surface area is 445 Å². The molecular weight excluding hydrogens is 963 g/mol. The van der Waals surface area contributed by atoms with Gasteiger partial charge in [-0.3, -0.25) is 0 Å². The molecule has 0 aliphatic rings. The fraction of sp³-hybridized carbons (Fsp3) is 0. The highest BCUT2D eigenvalue weighted by atomic mass is 32.1. The molecule has 0 spiro atoms. The molecule has 0 amide bonds. The van der Waals surface area contributed by atoms with E-state index >= 15 is 0 Å². The number of aromatic nitrogens is 5. The van der Waals surface area contributed by atoms with Crippen LogP contribution in [0.1, 0.15) is 0 Å². The third-order valence-electron chi connectivity index (χ3n) is 14.5. The Morgan fingerprint density at radius 2 is 0.684 bits per heavy atom. The Morgan fingerprint density at radius 3 is 1.36 bits per heavy atom. The maximum atomic E-state index is 5.45. The largest absolute Gasteiger partial charge is 0.245 e. The predicted molar refractivity (Wildman–Crippen MR) is 320 cm³/mol. The summed E-state index contributed by atoms with van der Waals surface area (Å²) >= 11 is 3.65. The summed E-state index contributed by atoms with van der Waals surface area (Å²) in [7, 11) is 0. The average molecular weight is 1000 g/mol. The van der Waals surface area contributed by atoms with E-state index in [1.54, 1.807) is 0 Å². The van der Waals surface area contributed by atoms with Crippen molar-refractivity contribution in [2.45, 2.75) is 0 Å². The van der Waals surface area contributed by atoms with Gasteiger partial charge in [-0.25, -0.2) is 24.9 Å². The van der Waals surface area contributed by atoms with E-state index in [0.717, 1.165) is 88.8 Å². The fourth-order valence-electron chi connectivity index (χ4n) is 10.7. The first-order valence-corrected chi connectivity index (χ1v) is 27.0. The van der Waals surface area contributed by atoms with Crippen LogP contribution in [-0.4, -0.2) is 24.9 Å². The van der Waals surface area contributed by atoms with Crippen molar-refractivity contribution in [3.63, 3.8) is 0 Å². The number of benzene rings is 10. The third kappa shape index (κ3) is 7.80. The normalized spacial score (nSPS) is 11.7. The topological polar surface area (TPSA) is 64.5 Å². The quantitative estimate of drug-likeness (QED) is 0.142. The molecule has 0 radical (unpaired) electrons. The number of nitrogens with zero attached hydrogens (tertiary/aromatic N) is 5. The third-order valence-corrected chi connectivity index (χ3v) is 16.8. The van der Waals surface area contributed by atoms with Crippen LogP contribution in [-0.2, 0) is 0 Å². The SMILES string of the molecule is c1ccc(-c2ccc3ccc4ccc(-c5cc(-c6ccc(-c7ccc(-c8nc(-c9ccccc9)nc(-c9ccc%10sc%11ccccc%11c%10c9)n8)cc7)cc6)cc(-c6cccc7sc8ccccc8c67)c5)nc4c3n2)cc1. The lowest BCUT2D eigenvalue weighted by molar-refractivity contribution is 1.07. The van der Waals surface area contributed by atoms with Crippen molar-refractivity contribution in [1.82, 2.24) is 24.9 Å². The van der Waals surface area contributed by atoms with Crippen molar-refractivity contribution < 1.29 is 0 Å². The number of hydrogen-bond acceptors (Lipinski definition) is 7. The summed E-state index contributed by atoms with van der Waals surface area (Å²) in [6.07, 6.45) is 0. The zero-order valence-electron chi connectivity index (χ0n) is 40.7. The van der Waals surface area contributed by atoms with Gasteiger partial charge in [0.25, 0.3) is 0 Å². The van der Waals surface area contributed by atoms with Crippen LogP contribution in [0.5, 0.6) is 0 Å². The van der Waals surface area contributed by atoms with Crippen LogP contribution in [0.4, 0.5) is 0 Å².